The number of anilines is 2. The minimum atomic E-state index is -0.846. The molecule has 0 saturated heterocycles. The lowest BCUT2D eigenvalue weighted by atomic mass is 9.95. The van der Waals surface area contributed by atoms with Gasteiger partial charge in [0.2, 0.25) is 0 Å². The average Bonchev–Trinajstić information content (AvgIpc) is 0.871. The van der Waals surface area contributed by atoms with Crippen molar-refractivity contribution >= 4 is 77.9 Å². The van der Waals surface area contributed by atoms with Crippen LogP contribution >= 0.6 is 15.9 Å². The Kier molecular flexibility index (Phi) is 37.8. The van der Waals surface area contributed by atoms with Crippen molar-refractivity contribution in [2.45, 2.75) is 172 Å². The number of nitrogens with zero attached hydrogens (tertiary/aromatic N) is 9. The van der Waals surface area contributed by atoms with Gasteiger partial charge in [0.15, 0.2) is 0 Å². The number of nitrogens with two attached hydrogens (primary N) is 1. The quantitative estimate of drug-likeness (QED) is 0.0206. The lowest BCUT2D eigenvalue weighted by Crippen LogP contribution is -2.37. The molecule has 0 unspecified atom stereocenters. The van der Waals surface area contributed by atoms with Gasteiger partial charge >= 0.3 is 17.9 Å². The van der Waals surface area contributed by atoms with Gasteiger partial charge < -0.3 is 59.9 Å². The number of methoxy groups -OCH3 is 5. The number of halogens is 1. The molecule has 12 rings (SSSR count). The number of hydrogen-bond acceptors (Lipinski definition) is 20. The van der Waals surface area contributed by atoms with Crippen molar-refractivity contribution in [2.24, 2.45) is 5.73 Å². The maximum absolute atomic E-state index is 12.6. The number of carbonyl (C=O) groups excluding carboxylic acids is 2. The Morgan fingerprint density at radius 2 is 0.784 bits per heavy atom. The molecule has 0 bridgehead atoms. The smallest absolute Gasteiger partial charge is 0.328 e. The zero-order valence-electron chi connectivity index (χ0n) is 66.2. The Hall–Kier alpha value is -8.45. The molecule has 3 aliphatic rings. The molecule has 9 aromatic rings. The van der Waals surface area contributed by atoms with Gasteiger partial charge in [0.25, 0.3) is 0 Å². The van der Waals surface area contributed by atoms with E-state index in [2.05, 4.69) is 92.6 Å². The number of aromatic nitrogens is 6. The molecule has 5 N–H and O–H groups in total. The van der Waals surface area contributed by atoms with Crippen LogP contribution in [0.4, 0.5) is 11.4 Å². The lowest BCUT2D eigenvalue weighted by Gasteiger charge is -2.25. The summed E-state index contributed by atoms with van der Waals surface area (Å²) in [4.78, 5) is 70.9. The number of benzene rings is 3. The standard InChI is InChI=1S/C30H40N4O3.C29H38N4O3.C21H35N3O3.C9H6BrN/c1-36-22-21-34(19-8-7-10-24-15-14-23-9-3-5-12-26(23)32-24)20-17-29(30(35)37-2)33-28-16-18-31-27-13-6-4-11-25(27)28;1-36-21-20-33(18-7-6-9-23-14-13-22-8-2-4-11-25(22)31-23)19-16-28(29(34)35)32-27-15-17-30-26-12-5-3-10-24(26)27;1-26-16-15-24(14-12-19(22)21(25)27-2)13-6-5-8-18-11-10-17-7-3-4-9-20(17)23-18;10-8-5-6-11-9-4-2-1-3-7(8)9/h4,6,11,13-16,18,29H,3,5,7-10,12,17,19-22H2,1-2H3,(H,31,33);3,5,10,12-15,17,28H,2,4,6-9,11,16,18-21H2,1H3,(H,30,32)(H,34,35);10-11,19H,3-9,12-16,22H2,1-2H3;1-6H/t29-;28-;19-;/m000./s1. The van der Waals surface area contributed by atoms with Crippen LogP contribution in [0.15, 0.2) is 150 Å². The number of ether oxygens (including phenoxy) is 5. The minimum Gasteiger partial charge on any atom is -0.480 e. The highest BCUT2D eigenvalue weighted by molar-refractivity contribution is 9.10. The second-order valence-electron chi connectivity index (χ2n) is 29.0. The van der Waals surface area contributed by atoms with Gasteiger partial charge in [-0.05, 0) is 245 Å². The van der Waals surface area contributed by atoms with Gasteiger partial charge in [-0.2, -0.15) is 0 Å². The third-order valence-corrected chi connectivity index (χ3v) is 21.8. The van der Waals surface area contributed by atoms with Crippen LogP contribution in [0.1, 0.15) is 147 Å². The van der Waals surface area contributed by atoms with Gasteiger partial charge in [-0.3, -0.25) is 34.7 Å². The van der Waals surface area contributed by atoms with E-state index in [1.165, 1.54) is 123 Å². The van der Waals surface area contributed by atoms with Crippen molar-refractivity contribution in [3.8, 4) is 0 Å². The van der Waals surface area contributed by atoms with Crippen LogP contribution in [-0.4, -0.2) is 200 Å². The topological polar surface area (TPSA) is 255 Å². The molecule has 3 aromatic carbocycles. The molecule has 3 aliphatic carbocycles. The summed E-state index contributed by atoms with van der Waals surface area (Å²) < 4.78 is 26.8. The molecular formula is C89H119BrN12O9. The summed E-state index contributed by atoms with van der Waals surface area (Å²) >= 11 is 3.46. The fourth-order valence-electron chi connectivity index (χ4n) is 14.6. The number of aliphatic carboxylic acids is 1. The summed E-state index contributed by atoms with van der Waals surface area (Å²) in [5.74, 6) is -1.45. The summed E-state index contributed by atoms with van der Waals surface area (Å²) in [7, 11) is 7.96. The maximum atomic E-state index is 12.6. The predicted octanol–water partition coefficient (Wildman–Crippen LogP) is 14.7. The van der Waals surface area contributed by atoms with E-state index in [-0.39, 0.29) is 11.9 Å². The molecule has 0 aliphatic heterocycles. The highest BCUT2D eigenvalue weighted by atomic mass is 79.9. The number of hydrogen-bond donors (Lipinski definition) is 4. The third kappa shape index (κ3) is 28.9. The summed E-state index contributed by atoms with van der Waals surface area (Å²) in [6, 6.07) is 41.2. The first kappa shape index (κ1) is 86.5. The second kappa shape index (κ2) is 48.5. The van der Waals surface area contributed by atoms with E-state index in [9.17, 15) is 19.5 Å². The largest absolute Gasteiger partial charge is 0.480 e. The number of carboxylic acid groups (broad SMARTS) is 1. The van der Waals surface area contributed by atoms with E-state index < -0.39 is 24.1 Å². The van der Waals surface area contributed by atoms with Gasteiger partial charge in [0, 0.05) is 145 Å². The molecular weight excluding hydrogens is 1460 g/mol. The van der Waals surface area contributed by atoms with Crippen molar-refractivity contribution in [3.05, 3.63) is 201 Å². The lowest BCUT2D eigenvalue weighted by molar-refractivity contribution is -0.143. The third-order valence-electron chi connectivity index (χ3n) is 21.1. The number of carbonyl (C=O) groups is 3. The molecule has 3 atom stereocenters. The van der Waals surface area contributed by atoms with E-state index in [4.69, 9.17) is 44.4 Å². The SMILES string of the molecule is Brc1ccnc2ccccc12.COCCN(CCCCc1ccc2c(n1)CCCC2)CC[C@H](N)C(=O)OC.COCCN(CCCCc1ccc2c(n1)CCCC2)CC[C@H](Nc1ccnc2ccccc12)C(=O)O.COCCN(CCCCc1ccc2c(n1)CCCC2)CC[C@H](Nc1ccnc2ccccc12)C(=O)OC. The number of fused-ring (bicyclic) bond motifs is 6. The molecule has 6 aromatic heterocycles. The van der Waals surface area contributed by atoms with Crippen LogP contribution in [-0.2, 0) is 95.9 Å². The van der Waals surface area contributed by atoms with Crippen molar-refractivity contribution in [3.63, 3.8) is 0 Å². The summed E-state index contributed by atoms with van der Waals surface area (Å²) in [5, 5.41) is 19.6. The minimum absolute atomic E-state index is 0.258. The summed E-state index contributed by atoms with van der Waals surface area (Å²) in [5.41, 5.74) is 22.2. The number of aryl methyl sites for hydroxylation is 9. The fourth-order valence-corrected chi connectivity index (χ4v) is 15.1. The predicted molar refractivity (Wildman–Crippen MR) is 448 cm³/mol. The molecule has 0 amide bonds. The number of para-hydroxylation sites is 3. The van der Waals surface area contributed by atoms with Gasteiger partial charge in [-0.15, -0.1) is 0 Å². The zero-order valence-corrected chi connectivity index (χ0v) is 67.8. The normalized spacial score (nSPS) is 13.8. The van der Waals surface area contributed by atoms with Gasteiger partial charge in [0.05, 0.1) is 50.6 Å². The number of nitrogens with one attached hydrogen (secondary N) is 2. The fraction of sp³-hybridized carbons (Fsp3) is 0.494. The highest BCUT2D eigenvalue weighted by Crippen LogP contribution is 2.28. The van der Waals surface area contributed by atoms with Crippen LogP contribution in [0, 0.1) is 0 Å². The molecule has 21 nitrogen and oxygen atoms in total. The highest BCUT2D eigenvalue weighted by Gasteiger charge is 2.24. The second-order valence-corrected chi connectivity index (χ2v) is 29.9. The van der Waals surface area contributed by atoms with Crippen LogP contribution in [0.3, 0.4) is 0 Å². The Morgan fingerprint density at radius 3 is 1.18 bits per heavy atom. The molecule has 0 radical (unpaired) electrons. The van der Waals surface area contributed by atoms with Crippen molar-refractivity contribution in [2.75, 3.05) is 125 Å². The molecule has 22 heteroatoms. The first-order valence-corrected chi connectivity index (χ1v) is 41.0. The van der Waals surface area contributed by atoms with E-state index >= 15 is 0 Å². The molecule has 0 saturated carbocycles. The molecule has 0 spiro atoms. The molecule has 596 valence electrons. The molecule has 6 heterocycles. The van der Waals surface area contributed by atoms with E-state index in [1.54, 1.807) is 39.9 Å². The van der Waals surface area contributed by atoms with Gasteiger partial charge in [-0.1, -0.05) is 88.7 Å². The number of pyridine rings is 6. The van der Waals surface area contributed by atoms with Crippen molar-refractivity contribution < 1.29 is 43.2 Å². The Morgan fingerprint density at radius 1 is 0.423 bits per heavy atom. The first-order chi connectivity index (χ1) is 54.3. The molecule has 111 heavy (non-hydrogen) atoms. The van der Waals surface area contributed by atoms with Crippen molar-refractivity contribution in [1.82, 2.24) is 44.6 Å². The molecule has 0 fully saturated rings. The van der Waals surface area contributed by atoms with Crippen molar-refractivity contribution in [1.29, 1.82) is 0 Å². The summed E-state index contributed by atoms with van der Waals surface area (Å²) in [6.07, 6.45) is 31.1. The van der Waals surface area contributed by atoms with E-state index in [0.717, 1.165) is 178 Å². The first-order valence-electron chi connectivity index (χ1n) is 40.2. The zero-order chi connectivity index (χ0) is 78.2. The van der Waals surface area contributed by atoms with Gasteiger partial charge in [-0.25, -0.2) is 9.59 Å². The van der Waals surface area contributed by atoms with E-state index in [1.807, 2.05) is 91.0 Å². The van der Waals surface area contributed by atoms with Crippen LogP contribution in [0.5, 0.6) is 0 Å². The van der Waals surface area contributed by atoms with Crippen LogP contribution in [0.25, 0.3) is 32.7 Å². The van der Waals surface area contributed by atoms with Crippen LogP contribution < -0.4 is 16.4 Å². The average molecular weight is 1580 g/mol. The number of rotatable bonds is 40. The number of esters is 2. The van der Waals surface area contributed by atoms with Crippen LogP contribution in [0.2, 0.25) is 0 Å². The van der Waals surface area contributed by atoms with Gasteiger partial charge in [0.1, 0.15) is 18.1 Å². The monoisotopic (exact) mass is 1580 g/mol. The number of carboxylic acids is 1. The maximum Gasteiger partial charge on any atom is 0.328 e. The van der Waals surface area contributed by atoms with E-state index in [0.29, 0.717) is 45.6 Å². The summed E-state index contributed by atoms with van der Waals surface area (Å²) in [6.45, 7) is 9.53. The Balaban J connectivity index is 0.000000180. The Bertz CT molecular complexity index is 4270. The number of unbranched alkanes of at least 4 members (excludes halogenated alkanes) is 3. The Labute approximate surface area is 666 Å².